The molecule has 1 aromatic heterocycles. The van der Waals surface area contributed by atoms with Crippen LogP contribution in [0, 0.1) is 11.3 Å². The largest absolute Gasteiger partial charge is 0.490 e. The van der Waals surface area contributed by atoms with Crippen LogP contribution in [0.25, 0.3) is 0 Å². The fourth-order valence-corrected chi connectivity index (χ4v) is 1.63. The predicted octanol–water partition coefficient (Wildman–Crippen LogP) is -0.799. The number of nitriles is 1. The summed E-state index contributed by atoms with van der Waals surface area (Å²) in [7, 11) is -1.73. The lowest BCUT2D eigenvalue weighted by molar-refractivity contribution is 0.0941. The number of amides is 1. The maximum Gasteiger partial charge on any atom is 0.490 e. The Bertz CT molecular complexity index is 540. The fourth-order valence-electron chi connectivity index (χ4n) is 1.44. The first-order chi connectivity index (χ1) is 8.47. The summed E-state index contributed by atoms with van der Waals surface area (Å²) in [6.07, 6.45) is 2.37. The molecule has 0 spiro atoms. The second-order valence-electron chi connectivity index (χ2n) is 4.13. The van der Waals surface area contributed by atoms with E-state index in [-0.39, 0.29) is 16.2 Å². The van der Waals surface area contributed by atoms with E-state index < -0.39 is 18.6 Å². The molecule has 0 aliphatic heterocycles. The number of carbonyl (C=O) groups is 1. The molecule has 0 bridgehead atoms. The van der Waals surface area contributed by atoms with Gasteiger partial charge in [-0.2, -0.15) is 5.26 Å². The highest BCUT2D eigenvalue weighted by Gasteiger charge is 2.45. The third-order valence-electron chi connectivity index (χ3n) is 2.72. The summed E-state index contributed by atoms with van der Waals surface area (Å²) in [4.78, 5) is 15.6. The molecule has 2 rings (SSSR count). The number of aromatic nitrogens is 1. The van der Waals surface area contributed by atoms with Crippen molar-refractivity contribution in [3.8, 4) is 6.07 Å². The van der Waals surface area contributed by atoms with E-state index in [2.05, 4.69) is 10.3 Å². The van der Waals surface area contributed by atoms with Crippen LogP contribution in [-0.4, -0.2) is 33.6 Å². The highest BCUT2D eigenvalue weighted by atomic mass is 35.5. The zero-order valence-corrected chi connectivity index (χ0v) is 9.98. The van der Waals surface area contributed by atoms with Gasteiger partial charge in [0.2, 0.25) is 0 Å². The maximum absolute atomic E-state index is 11.9. The van der Waals surface area contributed by atoms with E-state index in [1.165, 1.54) is 12.3 Å². The molecule has 1 amide bonds. The van der Waals surface area contributed by atoms with E-state index >= 15 is 0 Å². The number of nitrogens with zero attached hydrogens (tertiary/aromatic N) is 2. The molecule has 1 heterocycles. The van der Waals surface area contributed by atoms with E-state index in [4.69, 9.17) is 26.9 Å². The zero-order valence-electron chi connectivity index (χ0n) is 9.22. The summed E-state index contributed by atoms with van der Waals surface area (Å²) in [6, 6.07) is 3.25. The van der Waals surface area contributed by atoms with Crippen molar-refractivity contribution in [1.29, 1.82) is 5.26 Å². The highest BCUT2D eigenvalue weighted by Crippen LogP contribution is 2.34. The van der Waals surface area contributed by atoms with E-state index in [0.717, 1.165) is 0 Å². The van der Waals surface area contributed by atoms with Crippen LogP contribution < -0.4 is 10.8 Å². The first-order valence-corrected chi connectivity index (χ1v) is 5.60. The van der Waals surface area contributed by atoms with Crippen LogP contribution >= 0.6 is 11.6 Å². The van der Waals surface area contributed by atoms with Crippen molar-refractivity contribution in [3.63, 3.8) is 0 Å². The summed E-state index contributed by atoms with van der Waals surface area (Å²) in [5.41, 5.74) is -0.732. The fraction of sp³-hybridized carbons (Fsp3) is 0.300. The van der Waals surface area contributed by atoms with Gasteiger partial charge in [-0.15, -0.1) is 0 Å². The topological polar surface area (TPSA) is 106 Å². The SMILES string of the molecule is N#CC1(NC(=O)c2cc(B(O)O)cnc2Cl)CC1. The smallest absolute Gasteiger partial charge is 0.423 e. The minimum absolute atomic E-state index is 0.0174. The lowest BCUT2D eigenvalue weighted by atomic mass is 9.81. The molecule has 1 aromatic rings. The van der Waals surface area contributed by atoms with Crippen LogP contribution in [0.4, 0.5) is 0 Å². The van der Waals surface area contributed by atoms with Crippen molar-refractivity contribution in [1.82, 2.24) is 10.3 Å². The van der Waals surface area contributed by atoms with Gasteiger partial charge in [-0.25, -0.2) is 4.98 Å². The van der Waals surface area contributed by atoms with Crippen LogP contribution in [-0.2, 0) is 0 Å². The Hall–Kier alpha value is -1.62. The van der Waals surface area contributed by atoms with E-state index in [1.54, 1.807) is 0 Å². The minimum Gasteiger partial charge on any atom is -0.423 e. The molecule has 92 valence electrons. The predicted molar refractivity (Wildman–Crippen MR) is 64.1 cm³/mol. The van der Waals surface area contributed by atoms with Crippen LogP contribution in [0.3, 0.4) is 0 Å². The van der Waals surface area contributed by atoms with Crippen molar-refractivity contribution in [2.24, 2.45) is 0 Å². The van der Waals surface area contributed by atoms with Gasteiger partial charge in [0, 0.05) is 11.7 Å². The van der Waals surface area contributed by atoms with Gasteiger partial charge in [0.05, 0.1) is 11.6 Å². The molecular weight excluding hydrogens is 256 g/mol. The summed E-state index contributed by atoms with van der Waals surface area (Å²) in [6.45, 7) is 0. The second-order valence-corrected chi connectivity index (χ2v) is 4.49. The van der Waals surface area contributed by atoms with Crippen molar-refractivity contribution in [2.75, 3.05) is 0 Å². The number of nitrogens with one attached hydrogen (secondary N) is 1. The Morgan fingerprint density at radius 2 is 2.28 bits per heavy atom. The summed E-state index contributed by atoms with van der Waals surface area (Å²) >= 11 is 5.77. The number of hydrogen-bond acceptors (Lipinski definition) is 5. The van der Waals surface area contributed by atoms with Crippen molar-refractivity contribution in [3.05, 3.63) is 23.0 Å². The maximum atomic E-state index is 11.9. The normalized spacial score (nSPS) is 15.7. The summed E-state index contributed by atoms with van der Waals surface area (Å²) in [5.74, 6) is -0.547. The van der Waals surface area contributed by atoms with Crippen LogP contribution in [0.5, 0.6) is 0 Å². The number of hydrogen-bond donors (Lipinski definition) is 3. The first-order valence-electron chi connectivity index (χ1n) is 5.23. The standard InChI is InChI=1S/C10H9BClN3O3/c12-8-7(3-6(4-14-8)11(17)18)9(16)15-10(5-13)1-2-10/h3-4,17-18H,1-2H2,(H,15,16). The van der Waals surface area contributed by atoms with Gasteiger partial charge in [0.1, 0.15) is 10.7 Å². The van der Waals surface area contributed by atoms with Gasteiger partial charge in [0.15, 0.2) is 0 Å². The number of rotatable bonds is 3. The van der Waals surface area contributed by atoms with Gasteiger partial charge >= 0.3 is 7.12 Å². The lowest BCUT2D eigenvalue weighted by Crippen LogP contribution is -2.37. The zero-order chi connectivity index (χ0) is 13.3. The van der Waals surface area contributed by atoms with Gasteiger partial charge in [0.25, 0.3) is 5.91 Å². The lowest BCUT2D eigenvalue weighted by Gasteiger charge is -2.10. The molecule has 0 atom stereocenters. The average Bonchev–Trinajstić information content (AvgIpc) is 3.09. The third-order valence-corrected chi connectivity index (χ3v) is 3.02. The van der Waals surface area contributed by atoms with Crippen molar-refractivity contribution >= 4 is 30.1 Å². The van der Waals surface area contributed by atoms with Crippen LogP contribution in [0.2, 0.25) is 5.15 Å². The van der Waals surface area contributed by atoms with E-state index in [9.17, 15) is 4.79 Å². The Morgan fingerprint density at radius 1 is 1.61 bits per heavy atom. The molecule has 1 saturated carbocycles. The Kier molecular flexibility index (Phi) is 3.26. The Morgan fingerprint density at radius 3 is 2.78 bits per heavy atom. The molecule has 0 saturated heterocycles. The minimum atomic E-state index is -1.73. The monoisotopic (exact) mass is 265 g/mol. The Balaban J connectivity index is 2.24. The van der Waals surface area contributed by atoms with E-state index in [0.29, 0.717) is 12.8 Å². The molecule has 1 fully saturated rings. The van der Waals surface area contributed by atoms with Crippen LogP contribution in [0.15, 0.2) is 12.3 Å². The molecular formula is C10H9BClN3O3. The molecule has 8 heteroatoms. The van der Waals surface area contributed by atoms with Gasteiger partial charge in [-0.05, 0) is 18.9 Å². The quantitative estimate of drug-likeness (QED) is 0.490. The van der Waals surface area contributed by atoms with Crippen molar-refractivity contribution in [2.45, 2.75) is 18.4 Å². The van der Waals surface area contributed by atoms with Gasteiger partial charge in [-0.1, -0.05) is 11.6 Å². The summed E-state index contributed by atoms with van der Waals surface area (Å²) in [5, 5.41) is 29.4. The van der Waals surface area contributed by atoms with Gasteiger partial charge < -0.3 is 15.4 Å². The second kappa shape index (κ2) is 4.57. The molecule has 6 nitrogen and oxygen atoms in total. The molecule has 0 aromatic carbocycles. The molecule has 0 radical (unpaired) electrons. The molecule has 3 N–H and O–H groups in total. The summed E-state index contributed by atoms with van der Waals surface area (Å²) < 4.78 is 0. The van der Waals surface area contributed by atoms with Gasteiger partial charge in [-0.3, -0.25) is 4.79 Å². The number of halogens is 1. The Labute approximate surface area is 108 Å². The number of pyridine rings is 1. The van der Waals surface area contributed by atoms with Crippen LogP contribution in [0.1, 0.15) is 23.2 Å². The first kappa shape index (κ1) is 12.8. The highest BCUT2D eigenvalue weighted by molar-refractivity contribution is 6.58. The molecule has 18 heavy (non-hydrogen) atoms. The molecule has 1 aliphatic carbocycles. The number of carbonyl (C=O) groups excluding carboxylic acids is 1. The van der Waals surface area contributed by atoms with E-state index in [1.807, 2.05) is 6.07 Å². The third kappa shape index (κ3) is 2.46. The molecule has 0 unspecified atom stereocenters. The molecule has 1 aliphatic rings. The van der Waals surface area contributed by atoms with Crippen molar-refractivity contribution < 1.29 is 14.8 Å². The average molecular weight is 265 g/mol.